The van der Waals surface area contributed by atoms with Gasteiger partial charge in [-0.15, -0.1) is 0 Å². The van der Waals surface area contributed by atoms with Crippen LogP contribution in [0.1, 0.15) is 17.4 Å². The first-order valence-electron chi connectivity index (χ1n) is 11.9. The second-order valence-electron chi connectivity index (χ2n) is 8.78. The number of imidazole rings is 1. The van der Waals surface area contributed by atoms with Crippen LogP contribution < -0.4 is 15.0 Å². The van der Waals surface area contributed by atoms with Crippen molar-refractivity contribution in [2.45, 2.75) is 6.92 Å². The van der Waals surface area contributed by atoms with Crippen molar-refractivity contribution in [1.82, 2.24) is 19.3 Å². The summed E-state index contributed by atoms with van der Waals surface area (Å²) in [6, 6.07) is 25.0. The van der Waals surface area contributed by atoms with E-state index in [2.05, 4.69) is 4.98 Å². The van der Waals surface area contributed by atoms with Crippen LogP contribution in [0, 0.1) is 0 Å². The van der Waals surface area contributed by atoms with E-state index in [9.17, 15) is 9.59 Å². The molecule has 178 valence electrons. The van der Waals surface area contributed by atoms with Crippen LogP contribution in [0.15, 0.2) is 83.7 Å². The minimum Gasteiger partial charge on any atom is -0.338 e. The highest BCUT2D eigenvalue weighted by Gasteiger charge is 2.30. The number of hydrogen-bond acceptors (Lipinski definition) is 3. The van der Waals surface area contributed by atoms with Crippen LogP contribution in [0.25, 0.3) is 38.8 Å². The maximum atomic E-state index is 14.1. The van der Waals surface area contributed by atoms with Crippen LogP contribution >= 0.6 is 0 Å². The Labute approximate surface area is 206 Å². The monoisotopic (exact) mass is 477 g/mol. The summed E-state index contributed by atoms with van der Waals surface area (Å²) in [6.45, 7) is 2.38. The van der Waals surface area contributed by atoms with Gasteiger partial charge in [0, 0.05) is 35.6 Å². The van der Waals surface area contributed by atoms with Crippen molar-refractivity contribution in [3.8, 4) is 5.95 Å². The molecule has 0 aliphatic carbocycles. The van der Waals surface area contributed by atoms with Gasteiger partial charge in [-0.2, -0.15) is 0 Å². The predicted molar refractivity (Wildman–Crippen MR) is 141 cm³/mol. The van der Waals surface area contributed by atoms with Gasteiger partial charge in [0.1, 0.15) is 16.6 Å². The molecule has 6 rings (SSSR count). The molecule has 0 spiro atoms. The quantitative estimate of drug-likeness (QED) is 0.392. The lowest BCUT2D eigenvalue weighted by molar-refractivity contribution is -0.639. The Hall–Kier alpha value is -4.72. The number of amides is 1. The van der Waals surface area contributed by atoms with Crippen LogP contribution in [0.4, 0.5) is 5.69 Å². The Morgan fingerprint density at radius 1 is 1.00 bits per heavy atom. The fraction of sp³-hybridized carbons (Fsp3) is 0.143. The number of aryl methyl sites for hydroxylation is 2. The summed E-state index contributed by atoms with van der Waals surface area (Å²) < 4.78 is 5.04. The highest BCUT2D eigenvalue weighted by atomic mass is 16.2. The third-order valence-electron chi connectivity index (χ3n) is 6.80. The van der Waals surface area contributed by atoms with Crippen molar-refractivity contribution < 1.29 is 9.36 Å². The first kappa shape index (κ1) is 21.8. The van der Waals surface area contributed by atoms with Crippen molar-refractivity contribution in [2.75, 3.05) is 11.4 Å². The van der Waals surface area contributed by atoms with Gasteiger partial charge in [0.2, 0.25) is 0 Å². The zero-order valence-electron chi connectivity index (χ0n) is 20.3. The highest BCUT2D eigenvalue weighted by Crippen LogP contribution is 2.30. The fourth-order valence-electron chi connectivity index (χ4n) is 5.04. The molecule has 0 unspecified atom stereocenters. The Morgan fingerprint density at radius 2 is 1.69 bits per heavy atom. The molecular formula is C28H25N6O2+. The maximum Gasteiger partial charge on any atom is 0.390 e. The largest absolute Gasteiger partial charge is 0.390 e. The lowest BCUT2D eigenvalue weighted by Crippen LogP contribution is -2.39. The standard InChI is InChI=1S/C28H24N6O2/c1-4-33(18-12-6-5-7-13-18)26(35)24-23-19-14-8-10-16-21(19)31(2)25(23)27(36)34(30-24)28-29-20-15-9-11-17-22(20)32(28)3/h5-17H,4H2,1-3H3/p+1. The molecule has 0 aliphatic rings. The van der Waals surface area contributed by atoms with Crippen molar-refractivity contribution in [1.29, 1.82) is 0 Å². The Bertz CT molecular complexity index is 1850. The van der Waals surface area contributed by atoms with E-state index in [0.717, 1.165) is 27.6 Å². The van der Waals surface area contributed by atoms with Gasteiger partial charge in [-0.05, 0) is 37.3 Å². The number of benzene rings is 3. The minimum absolute atomic E-state index is 0.228. The normalized spacial score (nSPS) is 11.5. The lowest BCUT2D eigenvalue weighted by atomic mass is 10.1. The molecule has 0 saturated carbocycles. The minimum atomic E-state index is -0.301. The maximum absolute atomic E-state index is 14.1. The topological polar surface area (TPSA) is 79.8 Å². The molecule has 36 heavy (non-hydrogen) atoms. The number of anilines is 1. The average molecular weight is 478 g/mol. The lowest BCUT2D eigenvalue weighted by Gasteiger charge is -2.20. The van der Waals surface area contributed by atoms with Crippen LogP contribution in [-0.4, -0.2) is 31.8 Å². The molecule has 8 nitrogen and oxygen atoms in total. The van der Waals surface area contributed by atoms with Crippen molar-refractivity contribution >= 4 is 44.4 Å². The molecule has 8 heteroatoms. The number of hydrogen-bond donors (Lipinski definition) is 1. The second kappa shape index (κ2) is 8.20. The van der Waals surface area contributed by atoms with Gasteiger partial charge >= 0.3 is 11.5 Å². The first-order valence-corrected chi connectivity index (χ1v) is 11.9. The molecule has 0 saturated heterocycles. The number of aromatic nitrogens is 5. The summed E-state index contributed by atoms with van der Waals surface area (Å²) in [6.07, 6.45) is 0. The Morgan fingerprint density at radius 3 is 2.44 bits per heavy atom. The highest BCUT2D eigenvalue weighted by molar-refractivity contribution is 6.20. The summed E-state index contributed by atoms with van der Waals surface area (Å²) in [4.78, 5) is 33.1. The zero-order chi connectivity index (χ0) is 25.0. The number of nitrogens with zero attached hydrogens (tertiary/aromatic N) is 5. The van der Waals surface area contributed by atoms with E-state index < -0.39 is 0 Å². The van der Waals surface area contributed by atoms with Gasteiger partial charge in [-0.25, -0.2) is 14.3 Å². The molecule has 6 aromatic rings. The van der Waals surface area contributed by atoms with Crippen molar-refractivity contribution in [3.05, 3.63) is 94.9 Å². The van der Waals surface area contributed by atoms with Gasteiger partial charge in [0.15, 0.2) is 5.69 Å². The molecule has 0 bridgehead atoms. The van der Waals surface area contributed by atoms with Gasteiger partial charge < -0.3 is 9.47 Å². The van der Waals surface area contributed by atoms with E-state index in [1.807, 2.05) is 109 Å². The smallest absolute Gasteiger partial charge is 0.338 e. The number of rotatable bonds is 4. The number of nitrogens with one attached hydrogen (secondary N) is 1. The molecule has 1 amide bonds. The van der Waals surface area contributed by atoms with E-state index in [1.54, 1.807) is 4.90 Å². The third-order valence-corrected chi connectivity index (χ3v) is 6.80. The van der Waals surface area contributed by atoms with Gasteiger partial charge in [0.25, 0.3) is 5.91 Å². The SMILES string of the molecule is CCN(C(=O)c1nn(-c2[nH]c3ccccc3[n+]2C)c(=O)c2c1c1ccccc1n2C)c1ccccc1. The Balaban J connectivity index is 1.71. The molecule has 0 radical (unpaired) electrons. The van der Waals surface area contributed by atoms with Crippen LogP contribution in [-0.2, 0) is 14.1 Å². The summed E-state index contributed by atoms with van der Waals surface area (Å²) in [5, 5.41) is 6.11. The van der Waals surface area contributed by atoms with Crippen molar-refractivity contribution in [2.24, 2.45) is 14.1 Å². The summed E-state index contributed by atoms with van der Waals surface area (Å²) in [7, 11) is 3.72. The fourth-order valence-corrected chi connectivity index (χ4v) is 5.04. The van der Waals surface area contributed by atoms with E-state index in [4.69, 9.17) is 5.10 Å². The van der Waals surface area contributed by atoms with Gasteiger partial charge in [0.05, 0.1) is 7.05 Å². The number of carbonyl (C=O) groups is 1. The molecule has 1 N–H and O–H groups in total. The van der Waals surface area contributed by atoms with E-state index in [-0.39, 0.29) is 17.2 Å². The number of para-hydroxylation sites is 4. The summed E-state index contributed by atoms with van der Waals surface area (Å²) in [5.74, 6) is 0.211. The van der Waals surface area contributed by atoms with Crippen LogP contribution in [0.5, 0.6) is 0 Å². The number of fused-ring (bicyclic) bond motifs is 4. The average Bonchev–Trinajstić information content (AvgIpc) is 3.40. The molecule has 0 atom stereocenters. The Kier molecular flexibility index (Phi) is 4.96. The molecular weight excluding hydrogens is 452 g/mol. The van der Waals surface area contributed by atoms with Crippen molar-refractivity contribution in [3.63, 3.8) is 0 Å². The van der Waals surface area contributed by atoms with Crippen LogP contribution in [0.2, 0.25) is 0 Å². The molecule has 3 aromatic carbocycles. The number of aromatic amines is 1. The third kappa shape index (κ3) is 3.07. The molecule has 0 fully saturated rings. The molecule has 3 aromatic heterocycles. The summed E-state index contributed by atoms with van der Waals surface area (Å²) >= 11 is 0. The van der Waals surface area contributed by atoms with E-state index in [1.165, 1.54) is 4.68 Å². The molecule has 3 heterocycles. The second-order valence-corrected chi connectivity index (χ2v) is 8.78. The van der Waals surface area contributed by atoms with E-state index >= 15 is 0 Å². The van der Waals surface area contributed by atoms with E-state index in [0.29, 0.717) is 23.4 Å². The predicted octanol–water partition coefficient (Wildman–Crippen LogP) is 3.85. The van der Waals surface area contributed by atoms with Gasteiger partial charge in [-0.3, -0.25) is 4.79 Å². The summed E-state index contributed by atoms with van der Waals surface area (Å²) in [5.41, 5.74) is 3.78. The van der Waals surface area contributed by atoms with Crippen LogP contribution in [0.3, 0.4) is 0 Å². The number of carbonyl (C=O) groups excluding carboxylic acids is 1. The zero-order valence-corrected chi connectivity index (χ0v) is 20.3. The molecule has 0 aliphatic heterocycles. The number of H-pyrrole nitrogens is 1. The first-order chi connectivity index (χ1) is 17.5. The van der Waals surface area contributed by atoms with Gasteiger partial charge in [-0.1, -0.05) is 58.3 Å².